The molecular weight excluding hydrogens is 248 g/mol. The number of hydrogen-bond donors (Lipinski definition) is 2. The van der Waals surface area contributed by atoms with E-state index in [4.69, 9.17) is 10.5 Å². The molecule has 5 heteroatoms. The van der Waals surface area contributed by atoms with Gasteiger partial charge < -0.3 is 15.8 Å². The lowest BCUT2D eigenvalue weighted by Gasteiger charge is -2.26. The van der Waals surface area contributed by atoms with E-state index in [1.807, 2.05) is 6.26 Å². The molecule has 0 atom stereocenters. The van der Waals surface area contributed by atoms with Crippen molar-refractivity contribution in [1.29, 1.82) is 0 Å². The zero-order valence-electron chi connectivity index (χ0n) is 11.3. The lowest BCUT2D eigenvalue weighted by Crippen LogP contribution is -2.31. The van der Waals surface area contributed by atoms with E-state index in [0.29, 0.717) is 18.6 Å². The van der Waals surface area contributed by atoms with Crippen molar-refractivity contribution in [3.05, 3.63) is 0 Å². The van der Waals surface area contributed by atoms with Gasteiger partial charge >= 0.3 is 0 Å². The van der Waals surface area contributed by atoms with Crippen molar-refractivity contribution in [2.24, 2.45) is 5.73 Å². The van der Waals surface area contributed by atoms with Crippen molar-refractivity contribution in [3.63, 3.8) is 0 Å². The first-order chi connectivity index (χ1) is 8.72. The van der Waals surface area contributed by atoms with Crippen LogP contribution >= 0.6 is 11.8 Å². The van der Waals surface area contributed by atoms with Crippen LogP contribution in [-0.4, -0.2) is 43.2 Å². The summed E-state index contributed by atoms with van der Waals surface area (Å²) in [5.41, 5.74) is 5.84. The normalized spacial score (nSPS) is 23.9. The van der Waals surface area contributed by atoms with E-state index < -0.39 is 0 Å². The molecule has 0 aromatic carbocycles. The lowest BCUT2D eigenvalue weighted by molar-refractivity contribution is -0.120. The Hall–Kier alpha value is -0.260. The second-order valence-electron chi connectivity index (χ2n) is 4.85. The van der Waals surface area contributed by atoms with E-state index in [9.17, 15) is 4.79 Å². The van der Waals surface area contributed by atoms with Crippen molar-refractivity contribution in [3.8, 4) is 0 Å². The van der Waals surface area contributed by atoms with Crippen LogP contribution in [0.4, 0.5) is 0 Å². The minimum absolute atomic E-state index is 0.146. The first-order valence-corrected chi connectivity index (χ1v) is 8.24. The van der Waals surface area contributed by atoms with Crippen molar-refractivity contribution in [1.82, 2.24) is 5.32 Å². The Kier molecular flexibility index (Phi) is 8.46. The summed E-state index contributed by atoms with van der Waals surface area (Å²) in [5, 5.41) is 2.91. The second-order valence-corrected chi connectivity index (χ2v) is 5.84. The maximum Gasteiger partial charge on any atom is 0.220 e. The number of nitrogens with two attached hydrogens (primary N) is 1. The molecule has 3 N–H and O–H groups in total. The van der Waals surface area contributed by atoms with Crippen molar-refractivity contribution < 1.29 is 9.53 Å². The van der Waals surface area contributed by atoms with E-state index in [1.165, 1.54) is 0 Å². The number of carbonyl (C=O) groups is 1. The summed E-state index contributed by atoms with van der Waals surface area (Å²) in [5.74, 6) is 1.04. The molecule has 1 saturated carbocycles. The van der Waals surface area contributed by atoms with E-state index in [2.05, 4.69) is 5.32 Å². The molecule has 1 aliphatic rings. The molecule has 106 valence electrons. The molecule has 0 aromatic rings. The Morgan fingerprint density at radius 3 is 2.78 bits per heavy atom. The van der Waals surface area contributed by atoms with Crippen molar-refractivity contribution >= 4 is 17.7 Å². The summed E-state index contributed by atoms with van der Waals surface area (Å²) in [7, 11) is 0. The molecule has 1 amide bonds. The molecule has 4 nitrogen and oxygen atoms in total. The molecule has 0 aliphatic heterocycles. The van der Waals surface area contributed by atoms with E-state index in [1.54, 1.807) is 11.8 Å². The van der Waals surface area contributed by atoms with Crippen LogP contribution in [0.1, 0.15) is 38.5 Å². The van der Waals surface area contributed by atoms with Crippen LogP contribution in [0.5, 0.6) is 0 Å². The highest BCUT2D eigenvalue weighted by Crippen LogP contribution is 2.19. The molecule has 0 unspecified atom stereocenters. The van der Waals surface area contributed by atoms with Crippen LogP contribution in [0, 0.1) is 0 Å². The van der Waals surface area contributed by atoms with E-state index >= 15 is 0 Å². The first-order valence-electron chi connectivity index (χ1n) is 6.85. The maximum absolute atomic E-state index is 11.3. The molecule has 0 aromatic heterocycles. The third-order valence-electron chi connectivity index (χ3n) is 3.25. The smallest absolute Gasteiger partial charge is 0.220 e. The van der Waals surface area contributed by atoms with Gasteiger partial charge in [0, 0.05) is 31.4 Å². The van der Waals surface area contributed by atoms with Crippen LogP contribution in [-0.2, 0) is 9.53 Å². The molecular formula is C13H26N2O2S. The quantitative estimate of drug-likeness (QED) is 0.659. The molecule has 0 spiro atoms. The summed E-state index contributed by atoms with van der Waals surface area (Å²) in [6.45, 7) is 1.46. The second kappa shape index (κ2) is 9.64. The number of carbonyl (C=O) groups excluding carboxylic acids is 1. The van der Waals surface area contributed by atoms with Gasteiger partial charge in [-0.1, -0.05) is 0 Å². The Balaban J connectivity index is 1.90. The minimum atomic E-state index is 0.146. The third-order valence-corrected chi connectivity index (χ3v) is 3.86. The van der Waals surface area contributed by atoms with Gasteiger partial charge in [-0.2, -0.15) is 11.8 Å². The molecule has 0 saturated heterocycles. The summed E-state index contributed by atoms with van der Waals surface area (Å²) in [6.07, 6.45) is 8.24. The summed E-state index contributed by atoms with van der Waals surface area (Å²) in [6, 6.07) is 0.376. The predicted molar refractivity (Wildman–Crippen MR) is 76.8 cm³/mol. The zero-order valence-corrected chi connectivity index (χ0v) is 12.1. The molecule has 0 bridgehead atoms. The Morgan fingerprint density at radius 2 is 2.11 bits per heavy atom. The van der Waals surface area contributed by atoms with Crippen molar-refractivity contribution in [2.75, 3.05) is 25.2 Å². The molecule has 0 radical (unpaired) electrons. The van der Waals surface area contributed by atoms with Gasteiger partial charge in [-0.3, -0.25) is 4.79 Å². The summed E-state index contributed by atoms with van der Waals surface area (Å²) >= 11 is 1.70. The van der Waals surface area contributed by atoms with E-state index in [-0.39, 0.29) is 5.91 Å². The van der Waals surface area contributed by atoms with Crippen LogP contribution in [0.3, 0.4) is 0 Å². The topological polar surface area (TPSA) is 64.3 Å². The molecule has 1 aliphatic carbocycles. The third kappa shape index (κ3) is 7.24. The van der Waals surface area contributed by atoms with Crippen LogP contribution in [0.25, 0.3) is 0 Å². The molecule has 1 fully saturated rings. The van der Waals surface area contributed by atoms with Gasteiger partial charge in [0.15, 0.2) is 0 Å². The van der Waals surface area contributed by atoms with Gasteiger partial charge in [-0.05, 0) is 38.4 Å². The SMILES string of the molecule is CSCCC(=O)NCCCOC1CCC(N)CC1. The van der Waals surface area contributed by atoms with Gasteiger partial charge in [0.1, 0.15) is 0 Å². The van der Waals surface area contributed by atoms with Gasteiger partial charge in [-0.25, -0.2) is 0 Å². The van der Waals surface area contributed by atoms with Crippen molar-refractivity contribution in [2.45, 2.75) is 50.7 Å². The van der Waals surface area contributed by atoms with Crippen LogP contribution in [0.15, 0.2) is 0 Å². The van der Waals surface area contributed by atoms with Gasteiger partial charge in [0.05, 0.1) is 6.10 Å². The zero-order chi connectivity index (χ0) is 13.2. The van der Waals surface area contributed by atoms with E-state index in [0.717, 1.165) is 51.0 Å². The largest absolute Gasteiger partial charge is 0.378 e. The summed E-state index contributed by atoms with van der Waals surface area (Å²) in [4.78, 5) is 11.3. The van der Waals surface area contributed by atoms with Gasteiger partial charge in [-0.15, -0.1) is 0 Å². The van der Waals surface area contributed by atoms with Crippen LogP contribution < -0.4 is 11.1 Å². The lowest BCUT2D eigenvalue weighted by atomic mass is 9.94. The summed E-state index contributed by atoms with van der Waals surface area (Å²) < 4.78 is 5.78. The Morgan fingerprint density at radius 1 is 1.39 bits per heavy atom. The fraction of sp³-hybridized carbons (Fsp3) is 0.923. The van der Waals surface area contributed by atoms with Crippen LogP contribution in [0.2, 0.25) is 0 Å². The fourth-order valence-corrected chi connectivity index (χ4v) is 2.48. The first kappa shape index (κ1) is 15.8. The Labute approximate surface area is 114 Å². The number of hydrogen-bond acceptors (Lipinski definition) is 4. The predicted octanol–water partition coefficient (Wildman–Crippen LogP) is 1.53. The highest BCUT2D eigenvalue weighted by atomic mass is 32.2. The van der Waals surface area contributed by atoms with Gasteiger partial charge in [0.2, 0.25) is 5.91 Å². The maximum atomic E-state index is 11.3. The highest BCUT2D eigenvalue weighted by molar-refractivity contribution is 7.98. The minimum Gasteiger partial charge on any atom is -0.378 e. The molecule has 1 rings (SSSR count). The number of nitrogens with one attached hydrogen (secondary N) is 1. The molecule has 18 heavy (non-hydrogen) atoms. The highest BCUT2D eigenvalue weighted by Gasteiger charge is 2.18. The Bertz CT molecular complexity index is 231. The number of ether oxygens (including phenoxy) is 1. The molecule has 0 heterocycles. The number of thioether (sulfide) groups is 1. The number of amides is 1. The average molecular weight is 274 g/mol. The number of rotatable bonds is 8. The monoisotopic (exact) mass is 274 g/mol. The average Bonchev–Trinajstić information content (AvgIpc) is 2.38. The fourth-order valence-electron chi connectivity index (χ4n) is 2.09. The standard InChI is InChI=1S/C13H26N2O2S/c1-18-10-7-13(16)15-8-2-9-17-12-5-3-11(14)4-6-12/h11-12H,2-10,14H2,1H3,(H,15,16). The van der Waals surface area contributed by atoms with Gasteiger partial charge in [0.25, 0.3) is 0 Å².